The average Bonchev–Trinajstić information content (AvgIpc) is 2.49. The summed E-state index contributed by atoms with van der Waals surface area (Å²) >= 11 is 0. The van der Waals surface area contributed by atoms with Crippen molar-refractivity contribution in [1.29, 1.82) is 0 Å². The molecule has 2 aromatic carbocycles. The number of rotatable bonds is 6. The molecule has 0 heterocycles. The van der Waals surface area contributed by atoms with Gasteiger partial charge in [-0.05, 0) is 29.3 Å². The third-order valence-corrected chi connectivity index (χ3v) is 3.03. The SMILES string of the molecule is COc1cccc(CNCc2ccc(O)c([N+](=O)[O-])c2)c1. The highest BCUT2D eigenvalue weighted by atomic mass is 16.6. The van der Waals surface area contributed by atoms with E-state index in [1.165, 1.54) is 12.1 Å². The third-order valence-electron chi connectivity index (χ3n) is 3.03. The number of phenolic OH excluding ortho intramolecular Hbond substituents is 1. The number of nitrogens with zero attached hydrogens (tertiary/aromatic N) is 1. The van der Waals surface area contributed by atoms with Gasteiger partial charge in [0.05, 0.1) is 12.0 Å². The maximum Gasteiger partial charge on any atom is 0.311 e. The Balaban J connectivity index is 1.97. The molecule has 0 fully saturated rings. The summed E-state index contributed by atoms with van der Waals surface area (Å²) in [5.41, 5.74) is 1.51. The molecule has 110 valence electrons. The molecule has 0 spiro atoms. The number of aromatic hydroxyl groups is 1. The van der Waals surface area contributed by atoms with E-state index in [-0.39, 0.29) is 11.4 Å². The fourth-order valence-electron chi connectivity index (χ4n) is 1.96. The highest BCUT2D eigenvalue weighted by molar-refractivity contribution is 5.47. The Bertz CT molecular complexity index is 643. The van der Waals surface area contributed by atoms with Crippen LogP contribution in [0.4, 0.5) is 5.69 Å². The number of hydrogen-bond acceptors (Lipinski definition) is 5. The average molecular weight is 288 g/mol. The minimum absolute atomic E-state index is 0.282. The summed E-state index contributed by atoms with van der Waals surface area (Å²) in [6.07, 6.45) is 0. The highest BCUT2D eigenvalue weighted by Gasteiger charge is 2.13. The van der Waals surface area contributed by atoms with Crippen molar-refractivity contribution in [2.45, 2.75) is 13.1 Å². The summed E-state index contributed by atoms with van der Waals surface area (Å²) in [6.45, 7) is 1.09. The largest absolute Gasteiger partial charge is 0.502 e. The van der Waals surface area contributed by atoms with Gasteiger partial charge in [-0.2, -0.15) is 0 Å². The van der Waals surface area contributed by atoms with Crippen molar-refractivity contribution in [3.63, 3.8) is 0 Å². The van der Waals surface area contributed by atoms with E-state index in [1.54, 1.807) is 13.2 Å². The van der Waals surface area contributed by atoms with E-state index in [4.69, 9.17) is 4.74 Å². The second kappa shape index (κ2) is 6.71. The van der Waals surface area contributed by atoms with E-state index in [0.29, 0.717) is 13.1 Å². The lowest BCUT2D eigenvalue weighted by Crippen LogP contribution is -2.12. The molecule has 0 amide bonds. The number of benzene rings is 2. The van der Waals surface area contributed by atoms with Crippen molar-refractivity contribution in [3.8, 4) is 11.5 Å². The molecule has 0 aliphatic heterocycles. The maximum absolute atomic E-state index is 10.8. The second-order valence-electron chi connectivity index (χ2n) is 4.54. The van der Waals surface area contributed by atoms with Crippen molar-refractivity contribution in [3.05, 3.63) is 63.7 Å². The van der Waals surface area contributed by atoms with Crippen LogP contribution in [0.5, 0.6) is 11.5 Å². The molecular formula is C15H16N2O4. The van der Waals surface area contributed by atoms with E-state index < -0.39 is 4.92 Å². The van der Waals surface area contributed by atoms with Gasteiger partial charge in [-0.25, -0.2) is 0 Å². The highest BCUT2D eigenvalue weighted by Crippen LogP contribution is 2.26. The second-order valence-corrected chi connectivity index (χ2v) is 4.54. The standard InChI is InChI=1S/C15H16N2O4/c1-21-13-4-2-3-11(7-13)9-16-10-12-5-6-15(18)14(8-12)17(19)20/h2-8,16,18H,9-10H2,1H3. The van der Waals surface area contributed by atoms with Gasteiger partial charge in [0.15, 0.2) is 5.75 Å². The van der Waals surface area contributed by atoms with Crippen LogP contribution >= 0.6 is 0 Å². The van der Waals surface area contributed by atoms with Crippen LogP contribution in [0.1, 0.15) is 11.1 Å². The Morgan fingerprint density at radius 1 is 1.19 bits per heavy atom. The Labute approximate surface area is 122 Å². The monoisotopic (exact) mass is 288 g/mol. The first kappa shape index (κ1) is 14.8. The fraction of sp³-hybridized carbons (Fsp3) is 0.200. The molecule has 6 nitrogen and oxygen atoms in total. The number of hydrogen-bond donors (Lipinski definition) is 2. The summed E-state index contributed by atoms with van der Waals surface area (Å²) in [4.78, 5) is 10.2. The van der Waals surface area contributed by atoms with Crippen LogP contribution in [0, 0.1) is 10.1 Å². The van der Waals surface area contributed by atoms with Gasteiger partial charge in [0, 0.05) is 19.2 Å². The van der Waals surface area contributed by atoms with Gasteiger partial charge in [-0.1, -0.05) is 18.2 Å². The molecular weight excluding hydrogens is 272 g/mol. The normalized spacial score (nSPS) is 10.3. The van der Waals surface area contributed by atoms with Crippen LogP contribution in [0.2, 0.25) is 0 Å². The number of methoxy groups -OCH3 is 1. The number of phenols is 1. The van der Waals surface area contributed by atoms with Crippen molar-refractivity contribution in [2.75, 3.05) is 7.11 Å². The predicted octanol–water partition coefficient (Wildman–Crippen LogP) is 2.60. The summed E-state index contributed by atoms with van der Waals surface area (Å²) in [7, 11) is 1.61. The van der Waals surface area contributed by atoms with Crippen molar-refractivity contribution < 1.29 is 14.8 Å². The van der Waals surface area contributed by atoms with Crippen LogP contribution in [0.15, 0.2) is 42.5 Å². The van der Waals surface area contributed by atoms with Gasteiger partial charge >= 0.3 is 5.69 Å². The molecule has 2 rings (SSSR count). The zero-order valence-electron chi connectivity index (χ0n) is 11.6. The summed E-state index contributed by atoms with van der Waals surface area (Å²) < 4.78 is 5.14. The molecule has 2 aromatic rings. The first-order valence-electron chi connectivity index (χ1n) is 6.40. The first-order valence-corrected chi connectivity index (χ1v) is 6.40. The van der Waals surface area contributed by atoms with Gasteiger partial charge in [0.1, 0.15) is 5.75 Å². The van der Waals surface area contributed by atoms with Crippen LogP contribution < -0.4 is 10.1 Å². The van der Waals surface area contributed by atoms with Gasteiger partial charge in [0.2, 0.25) is 0 Å². The van der Waals surface area contributed by atoms with Crippen LogP contribution in [-0.2, 0) is 13.1 Å². The zero-order valence-corrected chi connectivity index (χ0v) is 11.6. The first-order chi connectivity index (χ1) is 10.1. The molecule has 0 unspecified atom stereocenters. The number of nitro benzene ring substituents is 1. The number of ether oxygens (including phenoxy) is 1. The number of nitro groups is 1. The van der Waals surface area contributed by atoms with E-state index in [0.717, 1.165) is 16.9 Å². The molecule has 0 aromatic heterocycles. The topological polar surface area (TPSA) is 84.6 Å². The van der Waals surface area contributed by atoms with Gasteiger partial charge in [0.25, 0.3) is 0 Å². The summed E-state index contributed by atoms with van der Waals surface area (Å²) in [5, 5.41) is 23.3. The summed E-state index contributed by atoms with van der Waals surface area (Å²) in [6, 6.07) is 12.0. The van der Waals surface area contributed by atoms with E-state index in [9.17, 15) is 15.2 Å². The molecule has 6 heteroatoms. The van der Waals surface area contributed by atoms with Crippen molar-refractivity contribution in [2.24, 2.45) is 0 Å². The van der Waals surface area contributed by atoms with Crippen LogP contribution in [0.25, 0.3) is 0 Å². The Kier molecular flexibility index (Phi) is 4.73. The smallest absolute Gasteiger partial charge is 0.311 e. The third kappa shape index (κ3) is 3.93. The van der Waals surface area contributed by atoms with Crippen molar-refractivity contribution >= 4 is 5.69 Å². The quantitative estimate of drug-likeness (QED) is 0.630. The molecule has 0 atom stereocenters. The lowest BCUT2D eigenvalue weighted by molar-refractivity contribution is -0.385. The molecule has 0 saturated heterocycles. The maximum atomic E-state index is 10.8. The molecule has 0 saturated carbocycles. The predicted molar refractivity (Wildman–Crippen MR) is 78.3 cm³/mol. The Morgan fingerprint density at radius 2 is 1.90 bits per heavy atom. The number of nitrogens with one attached hydrogen (secondary N) is 1. The zero-order chi connectivity index (χ0) is 15.2. The molecule has 0 aliphatic rings. The van der Waals surface area contributed by atoms with Crippen LogP contribution in [0.3, 0.4) is 0 Å². The molecule has 21 heavy (non-hydrogen) atoms. The lowest BCUT2D eigenvalue weighted by atomic mass is 10.1. The van der Waals surface area contributed by atoms with Gasteiger partial charge in [-0.15, -0.1) is 0 Å². The molecule has 2 N–H and O–H groups in total. The van der Waals surface area contributed by atoms with Gasteiger partial charge in [-0.3, -0.25) is 10.1 Å². The minimum Gasteiger partial charge on any atom is -0.502 e. The lowest BCUT2D eigenvalue weighted by Gasteiger charge is -2.07. The minimum atomic E-state index is -0.596. The van der Waals surface area contributed by atoms with Crippen LogP contribution in [-0.4, -0.2) is 17.1 Å². The Morgan fingerprint density at radius 3 is 2.57 bits per heavy atom. The molecule has 0 aliphatic carbocycles. The molecule has 0 radical (unpaired) electrons. The van der Waals surface area contributed by atoms with Gasteiger partial charge < -0.3 is 15.2 Å². The fourth-order valence-corrected chi connectivity index (χ4v) is 1.96. The Hall–Kier alpha value is -2.60. The van der Waals surface area contributed by atoms with E-state index in [2.05, 4.69) is 5.32 Å². The van der Waals surface area contributed by atoms with Crippen molar-refractivity contribution in [1.82, 2.24) is 5.32 Å². The van der Waals surface area contributed by atoms with E-state index >= 15 is 0 Å². The van der Waals surface area contributed by atoms with E-state index in [1.807, 2.05) is 24.3 Å². The summed E-state index contributed by atoms with van der Waals surface area (Å²) in [5.74, 6) is 0.464. The molecule has 0 bridgehead atoms.